The maximum absolute atomic E-state index is 10.6. The van der Waals surface area contributed by atoms with Crippen LogP contribution in [0, 0.1) is 5.92 Å². The van der Waals surface area contributed by atoms with Crippen molar-refractivity contribution >= 4 is 5.97 Å². The average molecular weight is 196 g/mol. The number of rotatable bonds is 5. The van der Waals surface area contributed by atoms with Gasteiger partial charge in [0.15, 0.2) is 0 Å². The van der Waals surface area contributed by atoms with Crippen molar-refractivity contribution in [2.45, 2.75) is 19.4 Å². The van der Waals surface area contributed by atoms with Gasteiger partial charge in [-0.05, 0) is 24.8 Å². The van der Waals surface area contributed by atoms with E-state index < -0.39 is 5.97 Å². The van der Waals surface area contributed by atoms with Crippen molar-refractivity contribution in [1.29, 1.82) is 0 Å². The molecule has 1 fully saturated rings. The first-order valence-electron chi connectivity index (χ1n) is 4.65. The lowest BCUT2D eigenvalue weighted by molar-refractivity contribution is 0.0648. The van der Waals surface area contributed by atoms with Gasteiger partial charge in [0.25, 0.3) is 0 Å². The van der Waals surface area contributed by atoms with Crippen molar-refractivity contribution in [3.63, 3.8) is 0 Å². The van der Waals surface area contributed by atoms with Crippen LogP contribution < -0.4 is 0 Å². The number of carboxylic acids is 1. The second-order valence-electron chi connectivity index (χ2n) is 3.54. The molecule has 0 spiro atoms. The molecule has 1 saturated carbocycles. The van der Waals surface area contributed by atoms with Crippen LogP contribution in [0.3, 0.4) is 0 Å². The summed E-state index contributed by atoms with van der Waals surface area (Å²) in [6, 6.07) is 1.64. The number of carbonyl (C=O) groups is 1. The van der Waals surface area contributed by atoms with E-state index in [0.29, 0.717) is 18.1 Å². The van der Waals surface area contributed by atoms with Crippen LogP contribution in [-0.2, 0) is 11.3 Å². The Labute approximate surface area is 81.5 Å². The molecule has 2 rings (SSSR count). The zero-order valence-corrected chi connectivity index (χ0v) is 7.73. The largest absolute Gasteiger partial charge is 0.475 e. The van der Waals surface area contributed by atoms with Crippen molar-refractivity contribution in [3.05, 3.63) is 23.7 Å². The molecule has 0 unspecified atom stereocenters. The molecule has 0 bridgehead atoms. The molecule has 1 aromatic rings. The number of furan rings is 1. The molecule has 1 aliphatic carbocycles. The van der Waals surface area contributed by atoms with Crippen LogP contribution in [0.1, 0.15) is 29.0 Å². The van der Waals surface area contributed by atoms with Gasteiger partial charge in [-0.2, -0.15) is 0 Å². The van der Waals surface area contributed by atoms with E-state index in [1.54, 1.807) is 6.07 Å². The molecule has 0 aromatic carbocycles. The molecule has 0 saturated heterocycles. The Morgan fingerprint density at radius 3 is 3.07 bits per heavy atom. The number of ether oxygens (including phenoxy) is 1. The Bertz CT molecular complexity index is 325. The Balaban J connectivity index is 1.87. The summed E-state index contributed by atoms with van der Waals surface area (Å²) in [6.45, 7) is 1.05. The summed E-state index contributed by atoms with van der Waals surface area (Å²) in [5.74, 6) is -0.365. The molecule has 0 atom stereocenters. The Hall–Kier alpha value is -1.29. The quantitative estimate of drug-likeness (QED) is 0.781. The summed E-state index contributed by atoms with van der Waals surface area (Å²) < 4.78 is 10.2. The third-order valence-corrected chi connectivity index (χ3v) is 2.25. The molecule has 4 heteroatoms. The fraction of sp³-hybridized carbons (Fsp3) is 0.500. The lowest BCUT2D eigenvalue weighted by Crippen LogP contribution is -2.02. The fourth-order valence-corrected chi connectivity index (χ4v) is 1.26. The van der Waals surface area contributed by atoms with E-state index in [1.165, 1.54) is 19.1 Å². The maximum Gasteiger partial charge on any atom is 0.372 e. The highest BCUT2D eigenvalue weighted by atomic mass is 16.5. The Morgan fingerprint density at radius 1 is 1.64 bits per heavy atom. The van der Waals surface area contributed by atoms with E-state index in [9.17, 15) is 4.79 Å². The topological polar surface area (TPSA) is 59.7 Å². The van der Waals surface area contributed by atoms with Crippen molar-refractivity contribution in [1.82, 2.24) is 0 Å². The van der Waals surface area contributed by atoms with Crippen molar-refractivity contribution in [2.75, 3.05) is 6.61 Å². The molecule has 0 amide bonds. The summed E-state index contributed by atoms with van der Waals surface area (Å²) in [6.07, 6.45) is 3.84. The minimum atomic E-state index is -1.04. The predicted molar refractivity (Wildman–Crippen MR) is 48.0 cm³/mol. The van der Waals surface area contributed by atoms with Crippen molar-refractivity contribution in [3.8, 4) is 0 Å². The number of aromatic carboxylic acids is 1. The highest BCUT2D eigenvalue weighted by Gasteiger charge is 2.22. The van der Waals surface area contributed by atoms with E-state index in [4.69, 9.17) is 14.3 Å². The zero-order chi connectivity index (χ0) is 9.97. The molecule has 1 aromatic heterocycles. The second kappa shape index (κ2) is 3.84. The van der Waals surface area contributed by atoms with E-state index in [1.807, 2.05) is 0 Å². The number of hydrogen-bond donors (Lipinski definition) is 1. The SMILES string of the molecule is O=C(O)c1occc1COCC1CC1. The van der Waals surface area contributed by atoms with Gasteiger partial charge in [-0.3, -0.25) is 0 Å². The third kappa shape index (κ3) is 2.14. The number of hydrogen-bond acceptors (Lipinski definition) is 3. The van der Waals surface area contributed by atoms with Crippen molar-refractivity contribution in [2.24, 2.45) is 5.92 Å². The van der Waals surface area contributed by atoms with E-state index in [2.05, 4.69) is 0 Å². The molecule has 4 nitrogen and oxygen atoms in total. The third-order valence-electron chi connectivity index (χ3n) is 2.25. The van der Waals surface area contributed by atoms with Gasteiger partial charge in [0.05, 0.1) is 12.9 Å². The van der Waals surface area contributed by atoms with Gasteiger partial charge in [0.2, 0.25) is 5.76 Å². The average Bonchev–Trinajstić information content (AvgIpc) is 2.82. The zero-order valence-electron chi connectivity index (χ0n) is 7.73. The van der Waals surface area contributed by atoms with Crippen LogP contribution in [0.5, 0.6) is 0 Å². The molecule has 0 aliphatic heterocycles. The van der Waals surface area contributed by atoms with E-state index in [-0.39, 0.29) is 5.76 Å². The predicted octanol–water partition coefficient (Wildman–Crippen LogP) is 1.90. The summed E-state index contributed by atoms with van der Waals surface area (Å²) >= 11 is 0. The van der Waals surface area contributed by atoms with Gasteiger partial charge in [0.1, 0.15) is 0 Å². The first-order valence-corrected chi connectivity index (χ1v) is 4.65. The highest BCUT2D eigenvalue weighted by molar-refractivity contribution is 5.85. The lowest BCUT2D eigenvalue weighted by atomic mass is 10.2. The van der Waals surface area contributed by atoms with Crippen LogP contribution in [0.25, 0.3) is 0 Å². The number of carboxylic acid groups (broad SMARTS) is 1. The van der Waals surface area contributed by atoms with Gasteiger partial charge in [-0.1, -0.05) is 0 Å². The monoisotopic (exact) mass is 196 g/mol. The highest BCUT2D eigenvalue weighted by Crippen LogP contribution is 2.29. The van der Waals surface area contributed by atoms with Gasteiger partial charge in [-0.15, -0.1) is 0 Å². The molecule has 0 radical (unpaired) electrons. The van der Waals surface area contributed by atoms with Crippen LogP contribution in [-0.4, -0.2) is 17.7 Å². The van der Waals surface area contributed by atoms with Crippen LogP contribution >= 0.6 is 0 Å². The molecule has 1 heterocycles. The van der Waals surface area contributed by atoms with E-state index >= 15 is 0 Å². The Morgan fingerprint density at radius 2 is 2.43 bits per heavy atom. The summed E-state index contributed by atoms with van der Waals surface area (Å²) in [5, 5.41) is 8.73. The standard InChI is InChI=1S/C10H12O4/c11-10(12)9-8(3-4-14-9)6-13-5-7-1-2-7/h3-4,7H,1-2,5-6H2,(H,11,12). The summed E-state index contributed by atoms with van der Waals surface area (Å²) in [4.78, 5) is 10.6. The van der Waals surface area contributed by atoms with Crippen LogP contribution in [0.2, 0.25) is 0 Å². The fourth-order valence-electron chi connectivity index (χ4n) is 1.26. The minimum absolute atomic E-state index is 0.0132. The van der Waals surface area contributed by atoms with Crippen LogP contribution in [0.15, 0.2) is 16.7 Å². The first-order chi connectivity index (χ1) is 6.77. The lowest BCUT2D eigenvalue weighted by Gasteiger charge is -2.00. The molecule has 76 valence electrons. The van der Waals surface area contributed by atoms with Gasteiger partial charge < -0.3 is 14.3 Å². The van der Waals surface area contributed by atoms with Crippen molar-refractivity contribution < 1.29 is 19.1 Å². The van der Waals surface area contributed by atoms with E-state index in [0.717, 1.165) is 6.61 Å². The Kier molecular flexibility index (Phi) is 2.54. The molecular formula is C10H12O4. The minimum Gasteiger partial charge on any atom is -0.475 e. The normalized spacial score (nSPS) is 15.7. The van der Waals surface area contributed by atoms with Gasteiger partial charge in [0, 0.05) is 12.2 Å². The summed E-state index contributed by atoms with van der Waals surface area (Å²) in [7, 11) is 0. The smallest absolute Gasteiger partial charge is 0.372 e. The van der Waals surface area contributed by atoms with Crippen LogP contribution in [0.4, 0.5) is 0 Å². The molecule has 14 heavy (non-hydrogen) atoms. The van der Waals surface area contributed by atoms with Gasteiger partial charge in [-0.25, -0.2) is 4.79 Å². The van der Waals surface area contributed by atoms with Gasteiger partial charge >= 0.3 is 5.97 Å². The second-order valence-corrected chi connectivity index (χ2v) is 3.54. The molecule has 1 aliphatic rings. The summed E-state index contributed by atoms with van der Waals surface area (Å²) in [5.41, 5.74) is 0.609. The molecule has 1 N–H and O–H groups in total. The molecular weight excluding hydrogens is 184 g/mol. The maximum atomic E-state index is 10.6. The first kappa shape index (κ1) is 9.27.